The van der Waals surface area contributed by atoms with Crippen molar-refractivity contribution in [2.75, 3.05) is 0 Å². The van der Waals surface area contributed by atoms with Gasteiger partial charge in [-0.2, -0.15) is 5.26 Å². The number of hydrogen-bond donors (Lipinski definition) is 1. The fraction of sp³-hybridized carbons (Fsp3) is 0.875. The van der Waals surface area contributed by atoms with E-state index < -0.39 is 5.60 Å². The first-order chi connectivity index (χ1) is 9.35. The Morgan fingerprint density at radius 3 is 2.25 bits per heavy atom. The third-order valence-electron chi connectivity index (χ3n) is 4.70. The zero-order valence-electron chi connectivity index (χ0n) is 12.9. The van der Waals surface area contributed by atoms with Crippen LogP contribution in [0.2, 0.25) is 0 Å². The van der Waals surface area contributed by atoms with Crippen molar-refractivity contribution in [1.82, 2.24) is 5.32 Å². The average Bonchev–Trinajstić information content (AvgIpc) is 2.28. The predicted octanol–water partition coefficient (Wildman–Crippen LogP) is 3.76. The van der Waals surface area contributed by atoms with E-state index in [0.717, 1.165) is 38.5 Å². The molecule has 20 heavy (non-hydrogen) atoms. The summed E-state index contributed by atoms with van der Waals surface area (Å²) in [7, 11) is 0. The molecule has 0 spiro atoms. The maximum absolute atomic E-state index is 11.7. The number of nitriles is 1. The Labute approximate surface area is 121 Å². The van der Waals surface area contributed by atoms with Crippen molar-refractivity contribution in [2.45, 2.75) is 77.4 Å². The molecule has 0 aromatic carbocycles. The van der Waals surface area contributed by atoms with Gasteiger partial charge in [0, 0.05) is 6.04 Å². The molecule has 0 aromatic rings. The van der Waals surface area contributed by atoms with Crippen molar-refractivity contribution >= 4 is 6.09 Å². The molecule has 2 fully saturated rings. The summed E-state index contributed by atoms with van der Waals surface area (Å²) in [6.07, 6.45) is 7.04. The highest BCUT2D eigenvalue weighted by Gasteiger charge is 2.45. The second kappa shape index (κ2) is 5.63. The van der Waals surface area contributed by atoms with E-state index in [-0.39, 0.29) is 17.6 Å². The summed E-state index contributed by atoms with van der Waals surface area (Å²) in [6.45, 7) is 5.62. The van der Waals surface area contributed by atoms with Crippen molar-refractivity contribution in [3.63, 3.8) is 0 Å². The standard InChI is InChI=1S/C16H26N2O2/c1-15(2,3)20-14(19)18-13-7-5-12(6-8-13)16(11-17)9-4-10-16/h12-13H,4-10H2,1-3H3,(H,18,19). The lowest BCUT2D eigenvalue weighted by atomic mass is 9.58. The van der Waals surface area contributed by atoms with Gasteiger partial charge in [0.1, 0.15) is 5.60 Å². The number of nitrogens with one attached hydrogen (secondary N) is 1. The molecule has 2 aliphatic rings. The zero-order chi connectivity index (χ0) is 14.8. The Balaban J connectivity index is 1.77. The number of amides is 1. The number of hydrogen-bond acceptors (Lipinski definition) is 3. The highest BCUT2D eigenvalue weighted by atomic mass is 16.6. The maximum Gasteiger partial charge on any atom is 0.407 e. The molecule has 1 amide bonds. The number of nitrogens with zero attached hydrogens (tertiary/aromatic N) is 1. The van der Waals surface area contributed by atoms with Gasteiger partial charge in [-0.25, -0.2) is 4.79 Å². The number of alkyl carbamates (subject to hydrolysis) is 1. The van der Waals surface area contributed by atoms with E-state index in [1.807, 2.05) is 20.8 Å². The van der Waals surface area contributed by atoms with Crippen molar-refractivity contribution in [3.05, 3.63) is 0 Å². The van der Waals surface area contributed by atoms with Gasteiger partial charge in [-0.05, 0) is 65.2 Å². The third-order valence-corrected chi connectivity index (χ3v) is 4.70. The second-order valence-corrected chi connectivity index (χ2v) is 7.32. The van der Waals surface area contributed by atoms with Gasteiger partial charge in [0.25, 0.3) is 0 Å². The first-order valence-corrected chi connectivity index (χ1v) is 7.75. The van der Waals surface area contributed by atoms with Gasteiger partial charge in [0.15, 0.2) is 0 Å². The summed E-state index contributed by atoms with van der Waals surface area (Å²) < 4.78 is 5.29. The number of rotatable bonds is 2. The molecule has 0 aliphatic heterocycles. The molecule has 2 rings (SSSR count). The van der Waals surface area contributed by atoms with Gasteiger partial charge in [-0.1, -0.05) is 6.42 Å². The average molecular weight is 278 g/mol. The van der Waals surface area contributed by atoms with Gasteiger partial charge >= 0.3 is 6.09 Å². The van der Waals surface area contributed by atoms with Crippen LogP contribution in [-0.2, 0) is 4.74 Å². The quantitative estimate of drug-likeness (QED) is 0.836. The molecule has 112 valence electrons. The van der Waals surface area contributed by atoms with Crippen LogP contribution >= 0.6 is 0 Å². The molecule has 4 heteroatoms. The van der Waals surface area contributed by atoms with Gasteiger partial charge in [-0.3, -0.25) is 0 Å². The molecule has 2 aliphatic carbocycles. The van der Waals surface area contributed by atoms with Gasteiger partial charge in [0.05, 0.1) is 11.5 Å². The number of carbonyl (C=O) groups excluding carboxylic acids is 1. The molecule has 4 nitrogen and oxygen atoms in total. The minimum Gasteiger partial charge on any atom is -0.444 e. The molecule has 2 saturated carbocycles. The lowest BCUT2D eigenvalue weighted by Crippen LogP contribution is -2.44. The van der Waals surface area contributed by atoms with Crippen molar-refractivity contribution in [2.24, 2.45) is 11.3 Å². The lowest BCUT2D eigenvalue weighted by Gasteiger charge is -2.45. The van der Waals surface area contributed by atoms with Crippen LogP contribution in [0.1, 0.15) is 65.7 Å². The Morgan fingerprint density at radius 2 is 1.85 bits per heavy atom. The van der Waals surface area contributed by atoms with E-state index in [1.54, 1.807) is 0 Å². The SMILES string of the molecule is CC(C)(C)OC(=O)NC1CCC(C2(C#N)CCC2)CC1. The molecular weight excluding hydrogens is 252 g/mol. The van der Waals surface area contributed by atoms with E-state index in [9.17, 15) is 10.1 Å². The minimum atomic E-state index is -0.446. The molecule has 0 heterocycles. The van der Waals surface area contributed by atoms with Crippen molar-refractivity contribution in [1.29, 1.82) is 5.26 Å². The molecule has 0 atom stereocenters. The lowest BCUT2D eigenvalue weighted by molar-refractivity contribution is 0.0439. The highest BCUT2D eigenvalue weighted by molar-refractivity contribution is 5.68. The monoisotopic (exact) mass is 278 g/mol. The van der Waals surface area contributed by atoms with Gasteiger partial charge in [-0.15, -0.1) is 0 Å². The van der Waals surface area contributed by atoms with Gasteiger partial charge in [0.2, 0.25) is 0 Å². The van der Waals surface area contributed by atoms with E-state index in [4.69, 9.17) is 4.74 Å². The van der Waals surface area contributed by atoms with Gasteiger partial charge < -0.3 is 10.1 Å². The van der Waals surface area contributed by atoms with Crippen LogP contribution in [0.3, 0.4) is 0 Å². The Morgan fingerprint density at radius 1 is 1.25 bits per heavy atom. The fourth-order valence-electron chi connectivity index (χ4n) is 3.43. The smallest absolute Gasteiger partial charge is 0.407 e. The van der Waals surface area contributed by atoms with Crippen molar-refractivity contribution < 1.29 is 9.53 Å². The second-order valence-electron chi connectivity index (χ2n) is 7.32. The van der Waals surface area contributed by atoms with Crippen LogP contribution in [0.4, 0.5) is 4.79 Å². The molecule has 0 bridgehead atoms. The summed E-state index contributed by atoms with van der Waals surface area (Å²) in [6, 6.07) is 2.76. The molecule has 1 N–H and O–H groups in total. The van der Waals surface area contributed by atoms with Crippen LogP contribution in [0, 0.1) is 22.7 Å². The Bertz CT molecular complexity index is 394. The Hall–Kier alpha value is -1.24. The highest BCUT2D eigenvalue weighted by Crippen LogP contribution is 2.51. The zero-order valence-corrected chi connectivity index (χ0v) is 12.9. The predicted molar refractivity (Wildman–Crippen MR) is 77.0 cm³/mol. The minimum absolute atomic E-state index is 0.0448. The van der Waals surface area contributed by atoms with E-state index >= 15 is 0 Å². The van der Waals surface area contributed by atoms with Crippen LogP contribution < -0.4 is 5.32 Å². The Kier molecular flexibility index (Phi) is 4.27. The first kappa shape index (κ1) is 15.2. The van der Waals surface area contributed by atoms with Crippen LogP contribution in [-0.4, -0.2) is 17.7 Å². The molecule has 0 unspecified atom stereocenters. The van der Waals surface area contributed by atoms with E-state index in [0.29, 0.717) is 5.92 Å². The summed E-state index contributed by atoms with van der Waals surface area (Å²) >= 11 is 0. The summed E-state index contributed by atoms with van der Waals surface area (Å²) in [4.78, 5) is 11.7. The summed E-state index contributed by atoms with van der Waals surface area (Å²) in [5.41, 5.74) is -0.491. The fourth-order valence-corrected chi connectivity index (χ4v) is 3.43. The van der Waals surface area contributed by atoms with Crippen molar-refractivity contribution in [3.8, 4) is 6.07 Å². The maximum atomic E-state index is 11.7. The van der Waals surface area contributed by atoms with Crippen LogP contribution in [0.15, 0.2) is 0 Å². The number of ether oxygens (including phenoxy) is 1. The summed E-state index contributed by atoms with van der Waals surface area (Å²) in [5, 5.41) is 12.3. The normalized spacial score (nSPS) is 28.9. The first-order valence-electron chi connectivity index (χ1n) is 7.75. The third kappa shape index (κ3) is 3.45. The molecular formula is C16H26N2O2. The molecule has 0 saturated heterocycles. The van der Waals surface area contributed by atoms with Crippen LogP contribution in [0.25, 0.3) is 0 Å². The van der Waals surface area contributed by atoms with E-state index in [1.165, 1.54) is 6.42 Å². The largest absolute Gasteiger partial charge is 0.444 e. The summed E-state index contributed by atoms with van der Waals surface area (Å²) in [5.74, 6) is 0.526. The van der Waals surface area contributed by atoms with Crippen LogP contribution in [0.5, 0.6) is 0 Å². The molecule has 0 radical (unpaired) electrons. The topological polar surface area (TPSA) is 62.1 Å². The molecule has 0 aromatic heterocycles. The van der Waals surface area contributed by atoms with E-state index in [2.05, 4.69) is 11.4 Å². The number of carbonyl (C=O) groups is 1.